The first-order valence-corrected chi connectivity index (χ1v) is 7.12. The van der Waals surface area contributed by atoms with E-state index in [-0.39, 0.29) is 0 Å². The van der Waals surface area contributed by atoms with Crippen molar-refractivity contribution in [1.82, 2.24) is 4.90 Å². The number of nitriles is 1. The van der Waals surface area contributed by atoms with Crippen LogP contribution in [0.25, 0.3) is 0 Å². The highest BCUT2D eigenvalue weighted by atomic mass is 35.5. The molecule has 2 atom stereocenters. The Morgan fingerprint density at radius 3 is 2.89 bits per heavy atom. The summed E-state index contributed by atoms with van der Waals surface area (Å²) in [5.74, 6) is 0.599. The average Bonchev–Trinajstić information content (AvgIpc) is 2.89. The first-order valence-electron chi connectivity index (χ1n) is 6.74. The van der Waals surface area contributed by atoms with Crippen LogP contribution in [0.2, 0.25) is 5.02 Å². The summed E-state index contributed by atoms with van der Waals surface area (Å²) in [6.07, 6.45) is 3.71. The van der Waals surface area contributed by atoms with Crippen LogP contribution in [0.15, 0.2) is 18.2 Å². The molecule has 4 heteroatoms. The zero-order valence-corrected chi connectivity index (χ0v) is 12.0. The van der Waals surface area contributed by atoms with Gasteiger partial charge in [-0.25, -0.2) is 0 Å². The third-order valence-corrected chi connectivity index (χ3v) is 4.44. The highest BCUT2D eigenvalue weighted by Crippen LogP contribution is 2.30. The van der Waals surface area contributed by atoms with Crippen molar-refractivity contribution < 1.29 is 0 Å². The number of nitrogens with zero attached hydrogens (tertiary/aromatic N) is 2. The largest absolute Gasteiger partial charge is 0.330 e. The summed E-state index contributed by atoms with van der Waals surface area (Å²) in [7, 11) is 2.13. The van der Waals surface area contributed by atoms with E-state index < -0.39 is 0 Å². The summed E-state index contributed by atoms with van der Waals surface area (Å²) < 4.78 is 0. The Morgan fingerprint density at radius 2 is 2.26 bits per heavy atom. The minimum Gasteiger partial charge on any atom is -0.330 e. The van der Waals surface area contributed by atoms with Crippen LogP contribution in [0.1, 0.15) is 30.4 Å². The Bertz CT molecular complexity index is 481. The molecule has 0 amide bonds. The number of hydrogen-bond acceptors (Lipinski definition) is 3. The first-order chi connectivity index (χ1) is 9.15. The van der Waals surface area contributed by atoms with E-state index in [0.717, 1.165) is 18.7 Å². The molecule has 2 rings (SSSR count). The predicted octanol–water partition coefficient (Wildman–Crippen LogP) is 2.77. The number of halogens is 1. The van der Waals surface area contributed by atoms with Crippen LogP contribution in [-0.4, -0.2) is 24.5 Å². The highest BCUT2D eigenvalue weighted by Gasteiger charge is 2.29. The number of rotatable bonds is 4. The molecule has 3 nitrogen and oxygen atoms in total. The normalized spacial score (nSPS) is 22.7. The molecule has 0 aromatic heterocycles. The molecule has 2 unspecified atom stereocenters. The lowest BCUT2D eigenvalue weighted by Gasteiger charge is -2.29. The minimum absolute atomic E-state index is 0.553. The van der Waals surface area contributed by atoms with Gasteiger partial charge in [-0.15, -0.1) is 0 Å². The second-order valence-electron chi connectivity index (χ2n) is 5.33. The van der Waals surface area contributed by atoms with Crippen LogP contribution in [0, 0.1) is 17.2 Å². The van der Waals surface area contributed by atoms with E-state index in [1.807, 2.05) is 12.1 Å². The van der Waals surface area contributed by atoms with Crippen molar-refractivity contribution in [3.05, 3.63) is 34.3 Å². The third kappa shape index (κ3) is 3.27. The van der Waals surface area contributed by atoms with Gasteiger partial charge in [-0.05, 0) is 50.0 Å². The van der Waals surface area contributed by atoms with Gasteiger partial charge in [0.05, 0.1) is 11.6 Å². The van der Waals surface area contributed by atoms with Crippen molar-refractivity contribution in [3.63, 3.8) is 0 Å². The van der Waals surface area contributed by atoms with E-state index in [9.17, 15) is 0 Å². The minimum atomic E-state index is 0.553. The molecule has 1 fully saturated rings. The van der Waals surface area contributed by atoms with E-state index >= 15 is 0 Å². The van der Waals surface area contributed by atoms with E-state index in [1.165, 1.54) is 19.3 Å². The van der Waals surface area contributed by atoms with Gasteiger partial charge >= 0.3 is 0 Å². The summed E-state index contributed by atoms with van der Waals surface area (Å²) >= 11 is 6.23. The smallest absolute Gasteiger partial charge is 0.0992 e. The topological polar surface area (TPSA) is 53.0 Å². The van der Waals surface area contributed by atoms with Crippen LogP contribution in [0.4, 0.5) is 0 Å². The van der Waals surface area contributed by atoms with Gasteiger partial charge in [0.1, 0.15) is 0 Å². The molecule has 0 aliphatic heterocycles. The lowest BCUT2D eigenvalue weighted by molar-refractivity contribution is 0.193. The van der Waals surface area contributed by atoms with Gasteiger partial charge in [0, 0.05) is 17.6 Å². The molecule has 2 N–H and O–H groups in total. The Hall–Kier alpha value is -1.08. The van der Waals surface area contributed by atoms with Crippen LogP contribution in [-0.2, 0) is 6.54 Å². The first kappa shape index (κ1) is 14.3. The molecule has 19 heavy (non-hydrogen) atoms. The van der Waals surface area contributed by atoms with Crippen molar-refractivity contribution in [1.29, 1.82) is 5.26 Å². The van der Waals surface area contributed by atoms with Gasteiger partial charge in [-0.3, -0.25) is 4.90 Å². The Kier molecular flexibility index (Phi) is 4.81. The fourth-order valence-electron chi connectivity index (χ4n) is 3.00. The van der Waals surface area contributed by atoms with Crippen molar-refractivity contribution in [3.8, 4) is 6.07 Å². The Balaban J connectivity index is 2.06. The van der Waals surface area contributed by atoms with Gasteiger partial charge in [0.15, 0.2) is 0 Å². The second-order valence-corrected chi connectivity index (χ2v) is 5.73. The zero-order chi connectivity index (χ0) is 13.8. The summed E-state index contributed by atoms with van der Waals surface area (Å²) in [6, 6.07) is 8.17. The van der Waals surface area contributed by atoms with Gasteiger partial charge in [-0.1, -0.05) is 24.1 Å². The van der Waals surface area contributed by atoms with Crippen molar-refractivity contribution in [2.24, 2.45) is 11.7 Å². The zero-order valence-electron chi connectivity index (χ0n) is 11.3. The van der Waals surface area contributed by atoms with Gasteiger partial charge in [-0.2, -0.15) is 5.26 Å². The molecular formula is C15H20ClN3. The summed E-state index contributed by atoms with van der Waals surface area (Å²) in [5, 5.41) is 9.52. The fraction of sp³-hybridized carbons (Fsp3) is 0.533. The van der Waals surface area contributed by atoms with Crippen molar-refractivity contribution in [2.75, 3.05) is 13.6 Å². The van der Waals surface area contributed by atoms with Crippen molar-refractivity contribution in [2.45, 2.75) is 31.8 Å². The molecule has 1 aliphatic rings. The van der Waals surface area contributed by atoms with Crippen LogP contribution in [0.3, 0.4) is 0 Å². The summed E-state index contributed by atoms with van der Waals surface area (Å²) in [5.41, 5.74) is 7.52. The standard InChI is InChI=1S/C15H20ClN3/c1-19(15-4-2-3-12(15)9-18)10-13-6-5-11(8-17)7-14(13)16/h5-7,12,15H,2-4,9-10,18H2,1H3. The average molecular weight is 278 g/mol. The number of hydrogen-bond donors (Lipinski definition) is 1. The van der Waals surface area contributed by atoms with Crippen molar-refractivity contribution >= 4 is 11.6 Å². The maximum Gasteiger partial charge on any atom is 0.0992 e. The molecule has 1 aromatic carbocycles. The second kappa shape index (κ2) is 6.38. The van der Waals surface area contributed by atoms with Gasteiger partial charge in [0.25, 0.3) is 0 Å². The number of nitrogens with two attached hydrogens (primary N) is 1. The Labute approximate surface area is 120 Å². The van der Waals surface area contributed by atoms with E-state index in [2.05, 4.69) is 18.0 Å². The maximum absolute atomic E-state index is 8.84. The quantitative estimate of drug-likeness (QED) is 0.921. The lowest BCUT2D eigenvalue weighted by atomic mass is 10.0. The summed E-state index contributed by atoms with van der Waals surface area (Å²) in [4.78, 5) is 2.35. The summed E-state index contributed by atoms with van der Waals surface area (Å²) in [6.45, 7) is 1.57. The van der Waals surface area contributed by atoms with Gasteiger partial charge < -0.3 is 5.73 Å². The lowest BCUT2D eigenvalue weighted by Crippen LogP contribution is -2.37. The SMILES string of the molecule is CN(Cc1ccc(C#N)cc1Cl)C1CCCC1CN. The molecule has 1 aromatic rings. The van der Waals surface area contributed by atoms with E-state index in [1.54, 1.807) is 6.07 Å². The molecule has 0 heterocycles. The number of benzene rings is 1. The molecule has 102 valence electrons. The molecule has 0 saturated heterocycles. The van der Waals surface area contributed by atoms with Gasteiger partial charge in [0.2, 0.25) is 0 Å². The van der Waals surface area contributed by atoms with Crippen LogP contribution >= 0.6 is 11.6 Å². The van der Waals surface area contributed by atoms with E-state index in [4.69, 9.17) is 22.6 Å². The monoisotopic (exact) mass is 277 g/mol. The fourth-order valence-corrected chi connectivity index (χ4v) is 3.24. The molecule has 1 saturated carbocycles. The molecule has 1 aliphatic carbocycles. The predicted molar refractivity (Wildman–Crippen MR) is 77.8 cm³/mol. The molecule has 0 spiro atoms. The molecule has 0 bridgehead atoms. The maximum atomic E-state index is 8.84. The molecular weight excluding hydrogens is 258 g/mol. The third-order valence-electron chi connectivity index (χ3n) is 4.09. The van der Waals surface area contributed by atoms with E-state index in [0.29, 0.717) is 22.5 Å². The Morgan fingerprint density at radius 1 is 1.47 bits per heavy atom. The van der Waals surface area contributed by atoms with Crippen LogP contribution in [0.5, 0.6) is 0 Å². The highest BCUT2D eigenvalue weighted by molar-refractivity contribution is 6.31. The van der Waals surface area contributed by atoms with Crippen LogP contribution < -0.4 is 5.73 Å². The molecule has 0 radical (unpaired) electrons.